The van der Waals surface area contributed by atoms with E-state index in [0.717, 1.165) is 23.5 Å². The molecule has 1 aliphatic heterocycles. The van der Waals surface area contributed by atoms with Crippen molar-refractivity contribution in [3.05, 3.63) is 114 Å². The number of rotatable bonds is 6. The lowest BCUT2D eigenvalue weighted by Crippen LogP contribution is -2.30. The van der Waals surface area contributed by atoms with Gasteiger partial charge in [-0.05, 0) is 71.7 Å². The van der Waals surface area contributed by atoms with Crippen LogP contribution >= 0.6 is 12.2 Å². The lowest BCUT2D eigenvalue weighted by Gasteiger charge is -2.29. The van der Waals surface area contributed by atoms with Gasteiger partial charge in [0.05, 0.1) is 11.7 Å². The summed E-state index contributed by atoms with van der Waals surface area (Å²) >= 11 is 5.88. The number of hydrogen-bond acceptors (Lipinski definition) is 3. The van der Waals surface area contributed by atoms with Gasteiger partial charge in [0.15, 0.2) is 5.11 Å². The quantitative estimate of drug-likeness (QED) is 0.384. The predicted octanol–water partition coefficient (Wildman–Crippen LogP) is 5.63. The first-order valence-corrected chi connectivity index (χ1v) is 11.7. The van der Waals surface area contributed by atoms with Gasteiger partial charge >= 0.3 is 0 Å². The summed E-state index contributed by atoms with van der Waals surface area (Å²) in [6.45, 7) is 5.17. The molecule has 0 bridgehead atoms. The first kappa shape index (κ1) is 21.3. The Balaban J connectivity index is 1.58. The molecule has 0 spiro atoms. The molecule has 0 unspecified atom stereocenters. The smallest absolute Gasteiger partial charge is 0.174 e. The standard InChI is InChI=1S/C27H27N5S/c1-19(2)21-10-12-22(13-11-21)32-26(25(30-27(32)33)23-8-3-4-15-29-23)24-9-6-16-31(24)18-20-7-5-14-28-17-20/h3-17,19,25-26H,18H2,1-2H3,(H,30,33)/t25-,26+/m1/s1. The van der Waals surface area contributed by atoms with Crippen LogP contribution in [0.4, 0.5) is 5.69 Å². The second-order valence-electron chi connectivity index (χ2n) is 8.67. The Morgan fingerprint density at radius 3 is 2.52 bits per heavy atom. The highest BCUT2D eigenvalue weighted by atomic mass is 32.1. The third-order valence-corrected chi connectivity index (χ3v) is 6.49. The molecule has 0 saturated carbocycles. The summed E-state index contributed by atoms with van der Waals surface area (Å²) in [5, 5.41) is 4.27. The van der Waals surface area contributed by atoms with Crippen molar-refractivity contribution in [2.24, 2.45) is 0 Å². The van der Waals surface area contributed by atoms with Crippen LogP contribution in [0, 0.1) is 0 Å². The molecule has 0 aliphatic carbocycles. The highest BCUT2D eigenvalue weighted by molar-refractivity contribution is 7.80. The van der Waals surface area contributed by atoms with Gasteiger partial charge in [-0.3, -0.25) is 9.97 Å². The van der Waals surface area contributed by atoms with E-state index in [9.17, 15) is 0 Å². The minimum atomic E-state index is -0.0639. The van der Waals surface area contributed by atoms with E-state index in [0.29, 0.717) is 11.0 Å². The van der Waals surface area contributed by atoms with E-state index in [1.165, 1.54) is 11.3 Å². The highest BCUT2D eigenvalue weighted by Gasteiger charge is 2.42. The van der Waals surface area contributed by atoms with E-state index < -0.39 is 0 Å². The fraction of sp³-hybridized carbons (Fsp3) is 0.222. The third kappa shape index (κ3) is 4.26. The van der Waals surface area contributed by atoms with Crippen LogP contribution < -0.4 is 10.2 Å². The SMILES string of the molecule is CC(C)c1ccc(N2C(=S)N[C@H](c3ccccn3)[C@@H]2c2cccn2Cc2cccnc2)cc1. The number of pyridine rings is 2. The average Bonchev–Trinajstić information content (AvgIpc) is 3.44. The minimum absolute atomic E-state index is 0.0380. The Morgan fingerprint density at radius 2 is 1.82 bits per heavy atom. The number of thiocarbonyl (C=S) groups is 1. The number of benzene rings is 1. The van der Waals surface area contributed by atoms with Crippen LogP contribution in [0.1, 0.15) is 54.4 Å². The number of nitrogens with zero attached hydrogens (tertiary/aromatic N) is 4. The normalized spacial score (nSPS) is 18.0. The van der Waals surface area contributed by atoms with Crippen molar-refractivity contribution in [3.8, 4) is 0 Å². The lowest BCUT2D eigenvalue weighted by molar-refractivity contribution is 0.533. The zero-order valence-electron chi connectivity index (χ0n) is 18.8. The third-order valence-electron chi connectivity index (χ3n) is 6.18. The van der Waals surface area contributed by atoms with Crippen LogP contribution in [0.3, 0.4) is 0 Å². The van der Waals surface area contributed by atoms with E-state index in [1.807, 2.05) is 30.6 Å². The molecule has 166 valence electrons. The highest BCUT2D eigenvalue weighted by Crippen LogP contribution is 2.42. The van der Waals surface area contributed by atoms with Gasteiger partial charge in [-0.2, -0.15) is 0 Å². The van der Waals surface area contributed by atoms with Gasteiger partial charge in [0, 0.05) is 42.7 Å². The fourth-order valence-corrected chi connectivity index (χ4v) is 4.83. The summed E-state index contributed by atoms with van der Waals surface area (Å²) in [5.74, 6) is 0.483. The van der Waals surface area contributed by atoms with Crippen LogP contribution in [0.15, 0.2) is 91.5 Å². The van der Waals surface area contributed by atoms with Crippen molar-refractivity contribution < 1.29 is 0 Å². The lowest BCUT2D eigenvalue weighted by atomic mass is 9.99. The summed E-state index contributed by atoms with van der Waals surface area (Å²) in [6, 6.07) is 23.0. The Labute approximate surface area is 200 Å². The first-order valence-electron chi connectivity index (χ1n) is 11.3. The molecule has 33 heavy (non-hydrogen) atoms. The molecule has 0 amide bonds. The largest absolute Gasteiger partial charge is 0.351 e. The summed E-state index contributed by atoms with van der Waals surface area (Å²) in [5.41, 5.74) is 5.70. The van der Waals surface area contributed by atoms with Crippen LogP contribution in [-0.2, 0) is 6.54 Å². The summed E-state index contributed by atoms with van der Waals surface area (Å²) in [6.07, 6.45) is 7.68. The average molecular weight is 454 g/mol. The molecule has 6 heteroatoms. The minimum Gasteiger partial charge on any atom is -0.351 e. The molecule has 1 aliphatic rings. The zero-order chi connectivity index (χ0) is 22.8. The van der Waals surface area contributed by atoms with Crippen LogP contribution in [0.2, 0.25) is 0 Å². The van der Waals surface area contributed by atoms with Crippen molar-refractivity contribution >= 4 is 23.0 Å². The van der Waals surface area contributed by atoms with Gasteiger partial charge < -0.3 is 14.8 Å². The monoisotopic (exact) mass is 453 g/mol. The van der Waals surface area contributed by atoms with E-state index in [4.69, 9.17) is 12.2 Å². The second-order valence-corrected chi connectivity index (χ2v) is 9.05. The van der Waals surface area contributed by atoms with Gasteiger partial charge in [-0.15, -0.1) is 0 Å². The molecule has 3 aromatic heterocycles. The molecule has 1 N–H and O–H groups in total. The molecule has 5 nitrogen and oxygen atoms in total. The molecular formula is C27H27N5S. The summed E-state index contributed by atoms with van der Waals surface area (Å²) in [7, 11) is 0. The molecule has 1 saturated heterocycles. The fourth-order valence-electron chi connectivity index (χ4n) is 4.48. The van der Waals surface area contributed by atoms with Crippen LogP contribution in [0.5, 0.6) is 0 Å². The number of hydrogen-bond donors (Lipinski definition) is 1. The zero-order valence-corrected chi connectivity index (χ0v) is 19.6. The van der Waals surface area contributed by atoms with Crippen LogP contribution in [0.25, 0.3) is 0 Å². The maximum Gasteiger partial charge on any atom is 0.174 e. The van der Waals surface area contributed by atoms with Crippen LogP contribution in [-0.4, -0.2) is 19.6 Å². The molecular weight excluding hydrogens is 426 g/mol. The van der Waals surface area contributed by atoms with Crippen molar-refractivity contribution in [2.45, 2.75) is 38.4 Å². The second kappa shape index (κ2) is 9.16. The van der Waals surface area contributed by atoms with Gasteiger partial charge in [-0.25, -0.2) is 0 Å². The topological polar surface area (TPSA) is 46.0 Å². The molecule has 1 aromatic carbocycles. The predicted molar refractivity (Wildman–Crippen MR) is 136 cm³/mol. The van der Waals surface area contributed by atoms with Gasteiger partial charge in [0.2, 0.25) is 0 Å². The van der Waals surface area contributed by atoms with Gasteiger partial charge in [0.25, 0.3) is 0 Å². The molecule has 4 aromatic rings. The van der Waals surface area contributed by atoms with Gasteiger partial charge in [-0.1, -0.05) is 38.1 Å². The number of nitrogens with one attached hydrogen (secondary N) is 1. The Bertz CT molecular complexity index is 1220. The van der Waals surface area contributed by atoms with E-state index in [1.54, 1.807) is 6.20 Å². The van der Waals surface area contributed by atoms with E-state index >= 15 is 0 Å². The Morgan fingerprint density at radius 1 is 0.970 bits per heavy atom. The van der Waals surface area contributed by atoms with Crippen molar-refractivity contribution in [3.63, 3.8) is 0 Å². The maximum atomic E-state index is 5.88. The van der Waals surface area contributed by atoms with Gasteiger partial charge in [0.1, 0.15) is 6.04 Å². The van der Waals surface area contributed by atoms with Crippen molar-refractivity contribution in [1.29, 1.82) is 0 Å². The first-order chi connectivity index (χ1) is 16.1. The molecule has 0 radical (unpaired) electrons. The van der Waals surface area contributed by atoms with Crippen molar-refractivity contribution in [2.75, 3.05) is 4.90 Å². The van der Waals surface area contributed by atoms with Crippen molar-refractivity contribution in [1.82, 2.24) is 19.9 Å². The molecule has 4 heterocycles. The van der Waals surface area contributed by atoms with E-state index in [-0.39, 0.29) is 12.1 Å². The Hall–Kier alpha value is -3.51. The summed E-state index contributed by atoms with van der Waals surface area (Å²) < 4.78 is 2.28. The molecule has 5 rings (SSSR count). The maximum absolute atomic E-state index is 5.88. The Kier molecular flexibility index (Phi) is 5.92. The van der Waals surface area contributed by atoms with E-state index in [2.05, 4.69) is 93.3 Å². The molecule has 2 atom stereocenters. The number of aromatic nitrogens is 3. The summed E-state index contributed by atoms with van der Waals surface area (Å²) in [4.78, 5) is 11.2. The molecule has 1 fully saturated rings. The number of anilines is 1.